The standard InChI is InChI=1S/C17H25N5O3S/c1-11-4-3-5-21(7-11)16-19-6-12-10-26(24,25)14-9-22(17(23)18-2)8-13(14)15(12)20-16/h6,11,13-14H,3-5,7-10H2,1-2H3,(H,18,23)/t11-,13-,14+/m0/s1. The van der Waals surface area contributed by atoms with Gasteiger partial charge in [-0.3, -0.25) is 0 Å². The number of likely N-dealkylation sites (tertiary alicyclic amines) is 1. The lowest BCUT2D eigenvalue weighted by Gasteiger charge is -2.32. The first-order chi connectivity index (χ1) is 12.4. The number of nitrogens with zero attached hydrogens (tertiary/aromatic N) is 4. The normalized spacial score (nSPS) is 29.8. The molecule has 0 aliphatic carbocycles. The van der Waals surface area contributed by atoms with E-state index in [1.54, 1.807) is 18.1 Å². The number of carbonyl (C=O) groups is 1. The van der Waals surface area contributed by atoms with E-state index in [0.717, 1.165) is 25.2 Å². The van der Waals surface area contributed by atoms with Gasteiger partial charge < -0.3 is 15.1 Å². The van der Waals surface area contributed by atoms with Gasteiger partial charge in [-0.1, -0.05) is 6.92 Å². The van der Waals surface area contributed by atoms with E-state index >= 15 is 0 Å². The van der Waals surface area contributed by atoms with Crippen LogP contribution >= 0.6 is 0 Å². The van der Waals surface area contributed by atoms with E-state index in [-0.39, 0.29) is 24.2 Å². The number of piperidine rings is 1. The molecule has 4 heterocycles. The minimum Gasteiger partial charge on any atom is -0.341 e. The van der Waals surface area contributed by atoms with Crippen LogP contribution < -0.4 is 10.2 Å². The van der Waals surface area contributed by atoms with Gasteiger partial charge in [0.25, 0.3) is 0 Å². The Labute approximate surface area is 153 Å². The first-order valence-corrected chi connectivity index (χ1v) is 10.9. The van der Waals surface area contributed by atoms with Gasteiger partial charge in [0, 0.05) is 50.9 Å². The number of hydrogen-bond donors (Lipinski definition) is 1. The summed E-state index contributed by atoms with van der Waals surface area (Å²) in [5, 5.41) is 2.01. The SMILES string of the molecule is CNC(=O)N1C[C@@H]2c3nc(N4CCC[C@H](C)C4)ncc3CS(=O)(=O)[C@@H]2C1. The molecule has 2 saturated heterocycles. The van der Waals surface area contributed by atoms with E-state index < -0.39 is 15.1 Å². The molecule has 0 unspecified atom stereocenters. The van der Waals surface area contributed by atoms with E-state index in [1.807, 2.05) is 0 Å². The minimum atomic E-state index is -3.31. The van der Waals surface area contributed by atoms with Crippen molar-refractivity contribution < 1.29 is 13.2 Å². The van der Waals surface area contributed by atoms with Crippen LogP contribution in [0.4, 0.5) is 10.7 Å². The molecule has 0 radical (unpaired) electrons. The Balaban J connectivity index is 1.69. The van der Waals surface area contributed by atoms with Crippen LogP contribution in [0.5, 0.6) is 0 Å². The summed E-state index contributed by atoms with van der Waals surface area (Å²) in [6, 6.07) is -0.240. The van der Waals surface area contributed by atoms with Crippen molar-refractivity contribution in [2.24, 2.45) is 5.92 Å². The maximum Gasteiger partial charge on any atom is 0.317 e. The molecule has 3 atom stereocenters. The number of amides is 2. The Morgan fingerprint density at radius 2 is 2.12 bits per heavy atom. The van der Waals surface area contributed by atoms with Crippen LogP contribution in [-0.2, 0) is 15.6 Å². The number of nitrogens with one attached hydrogen (secondary N) is 1. The zero-order chi connectivity index (χ0) is 18.5. The fourth-order valence-corrected chi connectivity index (χ4v) is 6.41. The number of urea groups is 1. The molecule has 0 spiro atoms. The highest BCUT2D eigenvalue weighted by molar-refractivity contribution is 7.91. The van der Waals surface area contributed by atoms with Crippen molar-refractivity contribution in [2.45, 2.75) is 36.7 Å². The molecular weight excluding hydrogens is 354 g/mol. The molecule has 1 aromatic heterocycles. The molecule has 2 fully saturated rings. The number of hydrogen-bond acceptors (Lipinski definition) is 6. The van der Waals surface area contributed by atoms with Crippen LogP contribution in [0.2, 0.25) is 0 Å². The van der Waals surface area contributed by atoms with E-state index in [2.05, 4.69) is 22.1 Å². The molecule has 2 amide bonds. The lowest BCUT2D eigenvalue weighted by atomic mass is 9.99. The van der Waals surface area contributed by atoms with E-state index in [9.17, 15) is 13.2 Å². The molecule has 3 aliphatic heterocycles. The molecule has 4 rings (SSSR count). The van der Waals surface area contributed by atoms with Crippen LogP contribution in [0.15, 0.2) is 6.20 Å². The predicted octanol–water partition coefficient (Wildman–Crippen LogP) is 0.748. The van der Waals surface area contributed by atoms with Gasteiger partial charge in [-0.25, -0.2) is 23.2 Å². The van der Waals surface area contributed by atoms with Crippen molar-refractivity contribution in [3.05, 3.63) is 17.5 Å². The van der Waals surface area contributed by atoms with Gasteiger partial charge in [0.05, 0.1) is 16.7 Å². The Hall–Kier alpha value is -1.90. The topological polar surface area (TPSA) is 95.5 Å². The highest BCUT2D eigenvalue weighted by Crippen LogP contribution is 2.39. The molecule has 142 valence electrons. The summed E-state index contributed by atoms with van der Waals surface area (Å²) >= 11 is 0. The largest absolute Gasteiger partial charge is 0.341 e. The van der Waals surface area contributed by atoms with E-state index in [0.29, 0.717) is 24.0 Å². The van der Waals surface area contributed by atoms with Gasteiger partial charge in [-0.05, 0) is 18.8 Å². The van der Waals surface area contributed by atoms with Crippen molar-refractivity contribution in [1.82, 2.24) is 20.2 Å². The highest BCUT2D eigenvalue weighted by atomic mass is 32.2. The smallest absolute Gasteiger partial charge is 0.317 e. The van der Waals surface area contributed by atoms with Crippen molar-refractivity contribution in [3.8, 4) is 0 Å². The fraction of sp³-hybridized carbons (Fsp3) is 0.706. The summed E-state index contributed by atoms with van der Waals surface area (Å²) in [6.07, 6.45) is 4.01. The van der Waals surface area contributed by atoms with E-state index in [1.165, 1.54) is 6.42 Å². The average molecular weight is 379 g/mol. The number of anilines is 1. The van der Waals surface area contributed by atoms with Crippen LogP contribution in [0.25, 0.3) is 0 Å². The van der Waals surface area contributed by atoms with Crippen molar-refractivity contribution in [1.29, 1.82) is 0 Å². The summed E-state index contributed by atoms with van der Waals surface area (Å²) in [7, 11) is -1.75. The summed E-state index contributed by atoms with van der Waals surface area (Å²) in [5.74, 6) is 0.977. The third kappa shape index (κ3) is 2.91. The Kier molecular flexibility index (Phi) is 4.29. The zero-order valence-electron chi connectivity index (χ0n) is 15.2. The van der Waals surface area contributed by atoms with Crippen LogP contribution in [-0.4, -0.2) is 67.8 Å². The number of sulfone groups is 1. The van der Waals surface area contributed by atoms with Gasteiger partial charge in [0.15, 0.2) is 9.84 Å². The molecule has 1 aromatic rings. The van der Waals surface area contributed by atoms with Gasteiger partial charge in [-0.2, -0.15) is 0 Å². The lowest BCUT2D eigenvalue weighted by molar-refractivity contribution is 0.210. The molecule has 0 aromatic carbocycles. The first-order valence-electron chi connectivity index (χ1n) is 9.18. The third-order valence-electron chi connectivity index (χ3n) is 5.76. The molecule has 26 heavy (non-hydrogen) atoms. The molecule has 8 nitrogen and oxygen atoms in total. The predicted molar refractivity (Wildman–Crippen MR) is 97.8 cm³/mol. The van der Waals surface area contributed by atoms with Crippen molar-refractivity contribution in [3.63, 3.8) is 0 Å². The number of carbonyl (C=O) groups excluding carboxylic acids is 1. The fourth-order valence-electron chi connectivity index (χ4n) is 4.41. The maximum absolute atomic E-state index is 12.7. The Morgan fingerprint density at radius 1 is 1.31 bits per heavy atom. The Morgan fingerprint density at radius 3 is 2.85 bits per heavy atom. The second kappa shape index (κ2) is 6.37. The molecule has 1 N–H and O–H groups in total. The summed E-state index contributed by atoms with van der Waals surface area (Å²) in [5.41, 5.74) is 1.48. The quantitative estimate of drug-likeness (QED) is 0.774. The molecular formula is C17H25N5O3S. The highest BCUT2D eigenvalue weighted by Gasteiger charge is 2.48. The molecule has 0 saturated carbocycles. The second-order valence-electron chi connectivity index (χ2n) is 7.69. The molecule has 9 heteroatoms. The lowest BCUT2D eigenvalue weighted by Crippen LogP contribution is -2.38. The monoisotopic (exact) mass is 379 g/mol. The number of rotatable bonds is 1. The van der Waals surface area contributed by atoms with Crippen LogP contribution in [0.3, 0.4) is 0 Å². The van der Waals surface area contributed by atoms with E-state index in [4.69, 9.17) is 4.98 Å². The molecule has 3 aliphatic rings. The van der Waals surface area contributed by atoms with Gasteiger partial charge in [0.1, 0.15) is 0 Å². The number of fused-ring (bicyclic) bond motifs is 3. The number of aromatic nitrogens is 2. The van der Waals surface area contributed by atoms with Gasteiger partial charge in [0.2, 0.25) is 5.95 Å². The van der Waals surface area contributed by atoms with Gasteiger partial charge in [-0.15, -0.1) is 0 Å². The Bertz CT molecular complexity index is 828. The first kappa shape index (κ1) is 17.5. The summed E-state index contributed by atoms with van der Waals surface area (Å²) < 4.78 is 25.4. The van der Waals surface area contributed by atoms with Gasteiger partial charge >= 0.3 is 6.03 Å². The zero-order valence-corrected chi connectivity index (χ0v) is 16.0. The van der Waals surface area contributed by atoms with Crippen molar-refractivity contribution in [2.75, 3.05) is 38.1 Å². The van der Waals surface area contributed by atoms with Crippen LogP contribution in [0.1, 0.15) is 36.9 Å². The summed E-state index contributed by atoms with van der Waals surface area (Å²) in [6.45, 7) is 4.69. The third-order valence-corrected chi connectivity index (χ3v) is 7.88. The average Bonchev–Trinajstić information content (AvgIpc) is 3.07. The second-order valence-corrected chi connectivity index (χ2v) is 9.91. The maximum atomic E-state index is 12.7. The summed E-state index contributed by atoms with van der Waals surface area (Å²) in [4.78, 5) is 25.0. The van der Waals surface area contributed by atoms with Crippen molar-refractivity contribution >= 4 is 21.8 Å². The minimum absolute atomic E-state index is 0.0399. The molecule has 0 bridgehead atoms. The van der Waals surface area contributed by atoms with Crippen LogP contribution in [0, 0.1) is 5.92 Å².